The van der Waals surface area contributed by atoms with Gasteiger partial charge in [-0.1, -0.05) is 0 Å². The Morgan fingerprint density at radius 3 is 2.50 bits per heavy atom. The summed E-state index contributed by atoms with van der Waals surface area (Å²) in [5.41, 5.74) is -0.340. The van der Waals surface area contributed by atoms with E-state index in [2.05, 4.69) is 0 Å². The number of carbonyl (C=O) groups excluding carboxylic acids is 1. The fourth-order valence-electron chi connectivity index (χ4n) is 0.834. The van der Waals surface area contributed by atoms with Crippen molar-refractivity contribution in [2.75, 3.05) is 0 Å². The van der Waals surface area contributed by atoms with Crippen molar-refractivity contribution in [2.24, 2.45) is 0 Å². The van der Waals surface area contributed by atoms with Crippen LogP contribution in [-0.2, 0) is 0 Å². The Kier molecular flexibility index (Phi) is 2.08. The highest BCUT2D eigenvalue weighted by atomic mass is 19.1. The average Bonchev–Trinajstić information content (AvgIpc) is 1.96. The molecule has 0 amide bonds. The van der Waals surface area contributed by atoms with E-state index >= 15 is 0 Å². The van der Waals surface area contributed by atoms with Crippen LogP contribution >= 0.6 is 0 Å². The molecular weight excluding hydrogens is 166 g/mol. The average molecular weight is 172 g/mol. The molecule has 0 aliphatic rings. The first-order valence-electron chi connectivity index (χ1n) is 3.21. The van der Waals surface area contributed by atoms with Crippen molar-refractivity contribution in [3.8, 4) is 5.75 Å². The van der Waals surface area contributed by atoms with E-state index in [1.54, 1.807) is 0 Å². The highest BCUT2D eigenvalue weighted by molar-refractivity contribution is 5.96. The minimum Gasteiger partial charge on any atom is -0.504 e. The van der Waals surface area contributed by atoms with Gasteiger partial charge in [-0.3, -0.25) is 4.79 Å². The first kappa shape index (κ1) is 8.64. The second-order valence-corrected chi connectivity index (χ2v) is 2.34. The molecule has 1 rings (SSSR count). The van der Waals surface area contributed by atoms with E-state index < -0.39 is 23.2 Å². The molecule has 0 aromatic heterocycles. The summed E-state index contributed by atoms with van der Waals surface area (Å²) in [4.78, 5) is 10.7. The van der Waals surface area contributed by atoms with E-state index in [-0.39, 0.29) is 5.56 Å². The highest BCUT2D eigenvalue weighted by Gasteiger charge is 2.12. The molecule has 0 saturated heterocycles. The summed E-state index contributed by atoms with van der Waals surface area (Å²) in [5, 5.41) is 8.93. The van der Waals surface area contributed by atoms with Crippen molar-refractivity contribution in [3.05, 3.63) is 29.3 Å². The smallest absolute Gasteiger partial charge is 0.168 e. The quantitative estimate of drug-likeness (QED) is 0.656. The summed E-state index contributed by atoms with van der Waals surface area (Å²) < 4.78 is 25.0. The van der Waals surface area contributed by atoms with Gasteiger partial charge in [-0.25, -0.2) is 8.78 Å². The lowest BCUT2D eigenvalue weighted by Crippen LogP contribution is -1.96. The van der Waals surface area contributed by atoms with Gasteiger partial charge in [-0.05, 0) is 13.0 Å². The Labute approximate surface area is 67.4 Å². The zero-order chi connectivity index (χ0) is 9.30. The van der Waals surface area contributed by atoms with E-state index in [9.17, 15) is 13.6 Å². The van der Waals surface area contributed by atoms with E-state index in [4.69, 9.17) is 5.11 Å². The molecule has 0 radical (unpaired) electrons. The zero-order valence-electron chi connectivity index (χ0n) is 6.27. The monoisotopic (exact) mass is 172 g/mol. The predicted molar refractivity (Wildman–Crippen MR) is 38.0 cm³/mol. The molecule has 4 heteroatoms. The number of rotatable bonds is 1. The topological polar surface area (TPSA) is 37.3 Å². The first-order chi connectivity index (χ1) is 5.52. The summed E-state index contributed by atoms with van der Waals surface area (Å²) in [6, 6.07) is 1.31. The minimum absolute atomic E-state index is 0.340. The van der Waals surface area contributed by atoms with Gasteiger partial charge in [0.05, 0.1) is 5.56 Å². The third-order valence-corrected chi connectivity index (χ3v) is 1.41. The van der Waals surface area contributed by atoms with Crippen LogP contribution in [0.15, 0.2) is 12.1 Å². The molecule has 1 N–H and O–H groups in total. The second kappa shape index (κ2) is 2.89. The molecule has 1 aromatic rings. The molecule has 0 heterocycles. The summed E-state index contributed by atoms with van der Waals surface area (Å²) in [7, 11) is 0. The van der Waals surface area contributed by atoms with E-state index in [0.29, 0.717) is 6.07 Å². The van der Waals surface area contributed by atoms with Crippen molar-refractivity contribution in [1.29, 1.82) is 0 Å². The number of phenols is 1. The third kappa shape index (κ3) is 1.42. The van der Waals surface area contributed by atoms with Gasteiger partial charge >= 0.3 is 0 Å². The van der Waals surface area contributed by atoms with Crippen molar-refractivity contribution in [2.45, 2.75) is 6.92 Å². The number of carbonyl (C=O) groups is 1. The second-order valence-electron chi connectivity index (χ2n) is 2.34. The molecule has 64 valence electrons. The van der Waals surface area contributed by atoms with Gasteiger partial charge in [0, 0.05) is 6.07 Å². The van der Waals surface area contributed by atoms with E-state index in [1.165, 1.54) is 0 Å². The van der Waals surface area contributed by atoms with Gasteiger partial charge in [0.2, 0.25) is 0 Å². The van der Waals surface area contributed by atoms with Crippen LogP contribution in [0.2, 0.25) is 0 Å². The largest absolute Gasteiger partial charge is 0.504 e. The normalized spacial score (nSPS) is 9.92. The molecule has 0 spiro atoms. The Bertz CT molecular complexity index is 334. The molecule has 0 fully saturated rings. The van der Waals surface area contributed by atoms with Gasteiger partial charge in [-0.2, -0.15) is 0 Å². The lowest BCUT2D eigenvalue weighted by molar-refractivity contribution is 0.101. The maximum Gasteiger partial charge on any atom is 0.168 e. The van der Waals surface area contributed by atoms with Crippen LogP contribution in [0.1, 0.15) is 17.3 Å². The molecule has 0 unspecified atom stereocenters. The van der Waals surface area contributed by atoms with Gasteiger partial charge < -0.3 is 5.11 Å². The summed E-state index contributed by atoms with van der Waals surface area (Å²) in [6.07, 6.45) is 0. The molecule has 2 nitrogen and oxygen atoms in total. The third-order valence-electron chi connectivity index (χ3n) is 1.41. The molecule has 0 saturated carbocycles. The lowest BCUT2D eigenvalue weighted by atomic mass is 10.1. The molecular formula is C8H6F2O2. The molecule has 0 aliphatic heterocycles. The lowest BCUT2D eigenvalue weighted by Gasteiger charge is -2.00. The zero-order valence-corrected chi connectivity index (χ0v) is 6.27. The van der Waals surface area contributed by atoms with E-state index in [0.717, 1.165) is 13.0 Å². The van der Waals surface area contributed by atoms with Crippen LogP contribution in [0.5, 0.6) is 5.75 Å². The Morgan fingerprint density at radius 2 is 2.00 bits per heavy atom. The van der Waals surface area contributed by atoms with E-state index in [1.807, 2.05) is 0 Å². The number of phenolic OH excluding ortho intramolecular Hbond substituents is 1. The van der Waals surface area contributed by atoms with Crippen LogP contribution in [0, 0.1) is 11.6 Å². The van der Waals surface area contributed by atoms with Crippen LogP contribution in [0.4, 0.5) is 8.78 Å². The van der Waals surface area contributed by atoms with Crippen molar-refractivity contribution in [3.63, 3.8) is 0 Å². The van der Waals surface area contributed by atoms with Crippen molar-refractivity contribution >= 4 is 5.78 Å². The van der Waals surface area contributed by atoms with Crippen LogP contribution in [0.3, 0.4) is 0 Å². The number of Topliss-reactive ketones (excluding diaryl/α,β-unsaturated/α-hetero) is 1. The Morgan fingerprint density at radius 1 is 1.42 bits per heavy atom. The fourth-order valence-corrected chi connectivity index (χ4v) is 0.834. The molecule has 0 atom stereocenters. The highest BCUT2D eigenvalue weighted by Crippen LogP contribution is 2.22. The predicted octanol–water partition coefficient (Wildman–Crippen LogP) is 1.87. The number of hydrogen-bond donors (Lipinski definition) is 1. The van der Waals surface area contributed by atoms with Crippen LogP contribution in [0.25, 0.3) is 0 Å². The summed E-state index contributed by atoms with van der Waals surface area (Å²) >= 11 is 0. The SMILES string of the molecule is CC(=O)c1cc(F)cc(F)c1O. The Hall–Kier alpha value is -1.45. The van der Waals surface area contributed by atoms with Crippen molar-refractivity contribution < 1.29 is 18.7 Å². The standard InChI is InChI=1S/C8H6F2O2/c1-4(11)6-2-5(9)3-7(10)8(6)12/h2-3,12H,1H3. The van der Waals surface area contributed by atoms with Gasteiger partial charge in [0.1, 0.15) is 5.82 Å². The fraction of sp³-hybridized carbons (Fsp3) is 0.125. The molecule has 0 bridgehead atoms. The molecule has 1 aromatic carbocycles. The van der Waals surface area contributed by atoms with Crippen molar-refractivity contribution in [1.82, 2.24) is 0 Å². The number of ketones is 1. The maximum atomic E-state index is 12.6. The number of aromatic hydroxyl groups is 1. The minimum atomic E-state index is -1.12. The summed E-state index contributed by atoms with van der Waals surface area (Å²) in [6.45, 7) is 1.12. The number of benzene rings is 1. The van der Waals surface area contributed by atoms with Crippen LogP contribution in [-0.4, -0.2) is 10.9 Å². The summed E-state index contributed by atoms with van der Waals surface area (Å²) in [5.74, 6) is -3.38. The number of halogens is 2. The van der Waals surface area contributed by atoms with Gasteiger partial charge in [-0.15, -0.1) is 0 Å². The Balaban J connectivity index is 3.37. The van der Waals surface area contributed by atoms with Gasteiger partial charge in [0.25, 0.3) is 0 Å². The maximum absolute atomic E-state index is 12.6. The first-order valence-corrected chi connectivity index (χ1v) is 3.21. The van der Waals surface area contributed by atoms with Gasteiger partial charge in [0.15, 0.2) is 17.3 Å². The van der Waals surface area contributed by atoms with Crippen LogP contribution < -0.4 is 0 Å². The molecule has 0 aliphatic carbocycles. The number of hydrogen-bond acceptors (Lipinski definition) is 2. The molecule has 12 heavy (non-hydrogen) atoms.